The maximum atomic E-state index is 13.2. The van der Waals surface area contributed by atoms with Crippen molar-refractivity contribution >= 4 is 15.9 Å². The molecule has 2 aromatic carbocycles. The van der Waals surface area contributed by atoms with Crippen LogP contribution >= 0.6 is 15.9 Å². The fourth-order valence-electron chi connectivity index (χ4n) is 2.18. The first-order valence-electron chi connectivity index (χ1n) is 6.45. The Balaban J connectivity index is 2.29. The quantitative estimate of drug-likeness (QED) is 0.600. The summed E-state index contributed by atoms with van der Waals surface area (Å²) in [4.78, 5) is 0. The van der Waals surface area contributed by atoms with Crippen molar-refractivity contribution in [3.8, 4) is 16.9 Å². The maximum absolute atomic E-state index is 13.2. The maximum Gasteiger partial charge on any atom is 0.436 e. The fraction of sp³-hybridized carbons (Fsp3) is 0.0625. The molecule has 0 N–H and O–H groups in total. The van der Waals surface area contributed by atoms with Crippen LogP contribution in [0.15, 0.2) is 65.1 Å². The lowest BCUT2D eigenvalue weighted by Crippen LogP contribution is -2.07. The number of benzene rings is 2. The van der Waals surface area contributed by atoms with Crippen LogP contribution in [0.25, 0.3) is 16.9 Å². The van der Waals surface area contributed by atoms with Gasteiger partial charge in [-0.1, -0.05) is 48.5 Å². The molecule has 2 nitrogen and oxygen atoms in total. The second-order valence-electron chi connectivity index (χ2n) is 4.62. The van der Waals surface area contributed by atoms with E-state index in [1.165, 1.54) is 4.68 Å². The molecule has 0 saturated heterocycles. The van der Waals surface area contributed by atoms with Gasteiger partial charge in [-0.05, 0) is 28.1 Å². The third-order valence-electron chi connectivity index (χ3n) is 3.14. The molecule has 0 fully saturated rings. The zero-order valence-electron chi connectivity index (χ0n) is 11.2. The number of alkyl halides is 3. The average Bonchev–Trinajstić information content (AvgIpc) is 2.86. The van der Waals surface area contributed by atoms with E-state index in [0.29, 0.717) is 16.9 Å². The summed E-state index contributed by atoms with van der Waals surface area (Å²) in [5.74, 6) is 0. The Morgan fingerprint density at radius 1 is 0.864 bits per heavy atom. The van der Waals surface area contributed by atoms with Gasteiger partial charge in [0.05, 0.1) is 15.9 Å². The van der Waals surface area contributed by atoms with Crippen molar-refractivity contribution in [2.75, 3.05) is 0 Å². The van der Waals surface area contributed by atoms with Crippen LogP contribution in [0.4, 0.5) is 13.2 Å². The highest BCUT2D eigenvalue weighted by molar-refractivity contribution is 9.10. The third-order valence-corrected chi connectivity index (χ3v) is 3.90. The van der Waals surface area contributed by atoms with Crippen LogP contribution in [0.5, 0.6) is 0 Å². The lowest BCUT2D eigenvalue weighted by Gasteiger charge is -2.07. The van der Waals surface area contributed by atoms with E-state index in [2.05, 4.69) is 21.0 Å². The van der Waals surface area contributed by atoms with Gasteiger partial charge in [-0.25, -0.2) is 4.68 Å². The Labute approximate surface area is 133 Å². The van der Waals surface area contributed by atoms with E-state index in [-0.39, 0.29) is 4.47 Å². The van der Waals surface area contributed by atoms with Crippen molar-refractivity contribution in [2.24, 2.45) is 0 Å². The Kier molecular flexibility index (Phi) is 3.78. The summed E-state index contributed by atoms with van der Waals surface area (Å²) in [5, 5.41) is 3.77. The van der Waals surface area contributed by atoms with Gasteiger partial charge in [-0.2, -0.15) is 18.3 Å². The van der Waals surface area contributed by atoms with Crippen LogP contribution in [-0.2, 0) is 6.18 Å². The first kappa shape index (κ1) is 14.8. The highest BCUT2D eigenvalue weighted by Crippen LogP contribution is 2.40. The van der Waals surface area contributed by atoms with Crippen LogP contribution in [-0.4, -0.2) is 9.78 Å². The molecular weight excluding hydrogens is 357 g/mol. The number of para-hydroxylation sites is 1. The van der Waals surface area contributed by atoms with Crippen LogP contribution in [0, 0.1) is 0 Å². The molecule has 1 heterocycles. The van der Waals surface area contributed by atoms with Crippen molar-refractivity contribution in [3.05, 3.63) is 70.8 Å². The van der Waals surface area contributed by atoms with Gasteiger partial charge in [-0.15, -0.1) is 0 Å². The summed E-state index contributed by atoms with van der Waals surface area (Å²) in [5.41, 5.74) is 0.660. The summed E-state index contributed by atoms with van der Waals surface area (Å²) in [7, 11) is 0. The lowest BCUT2D eigenvalue weighted by molar-refractivity contribution is -0.141. The molecular formula is C16H10BrF3N2. The number of halogens is 4. The van der Waals surface area contributed by atoms with E-state index >= 15 is 0 Å². The zero-order chi connectivity index (χ0) is 15.7. The summed E-state index contributed by atoms with van der Waals surface area (Å²) in [6.07, 6.45) is -4.53. The van der Waals surface area contributed by atoms with Gasteiger partial charge in [0.1, 0.15) is 0 Å². The molecule has 0 spiro atoms. The molecule has 112 valence electrons. The summed E-state index contributed by atoms with van der Waals surface area (Å²) >= 11 is 3.07. The molecule has 1 aromatic heterocycles. The average molecular weight is 367 g/mol. The summed E-state index contributed by atoms with van der Waals surface area (Å²) in [6, 6.07) is 17.6. The highest BCUT2D eigenvalue weighted by atomic mass is 79.9. The minimum atomic E-state index is -4.53. The van der Waals surface area contributed by atoms with Crippen molar-refractivity contribution in [1.29, 1.82) is 0 Å². The Morgan fingerprint density at radius 2 is 1.41 bits per heavy atom. The molecule has 3 aromatic rings. The van der Waals surface area contributed by atoms with Gasteiger partial charge in [0.15, 0.2) is 5.69 Å². The molecule has 0 atom stereocenters. The van der Waals surface area contributed by atoms with E-state index in [1.807, 2.05) is 6.07 Å². The molecule has 0 amide bonds. The largest absolute Gasteiger partial charge is 0.436 e. The highest BCUT2D eigenvalue weighted by Gasteiger charge is 2.39. The summed E-state index contributed by atoms with van der Waals surface area (Å²) in [6.45, 7) is 0. The smallest absolute Gasteiger partial charge is 0.231 e. The Bertz CT molecular complexity index is 780. The second kappa shape index (κ2) is 5.61. The van der Waals surface area contributed by atoms with Crippen LogP contribution in [0.1, 0.15) is 5.69 Å². The standard InChI is InChI=1S/C16H10BrF3N2/c17-13-14(11-7-3-1-4-8-11)22(12-9-5-2-6-10-12)21-15(13)16(18,19)20/h1-10H. The molecule has 0 radical (unpaired) electrons. The van der Waals surface area contributed by atoms with E-state index in [0.717, 1.165) is 0 Å². The minimum absolute atomic E-state index is 0.0601. The first-order valence-corrected chi connectivity index (χ1v) is 7.24. The topological polar surface area (TPSA) is 17.8 Å². The number of hydrogen-bond donors (Lipinski definition) is 0. The molecule has 0 bridgehead atoms. The SMILES string of the molecule is FC(F)(F)c1nn(-c2ccccc2)c(-c2ccccc2)c1Br. The van der Waals surface area contributed by atoms with E-state index < -0.39 is 11.9 Å². The van der Waals surface area contributed by atoms with E-state index in [1.54, 1.807) is 54.6 Å². The monoisotopic (exact) mass is 366 g/mol. The minimum Gasteiger partial charge on any atom is -0.231 e. The van der Waals surface area contributed by atoms with Crippen molar-refractivity contribution in [3.63, 3.8) is 0 Å². The van der Waals surface area contributed by atoms with Crippen molar-refractivity contribution < 1.29 is 13.2 Å². The zero-order valence-corrected chi connectivity index (χ0v) is 12.8. The van der Waals surface area contributed by atoms with Gasteiger partial charge in [0.25, 0.3) is 0 Å². The van der Waals surface area contributed by atoms with E-state index in [4.69, 9.17) is 0 Å². The first-order chi connectivity index (χ1) is 10.5. The third kappa shape index (κ3) is 2.66. The second-order valence-corrected chi connectivity index (χ2v) is 5.42. The predicted molar refractivity (Wildman–Crippen MR) is 81.7 cm³/mol. The number of aromatic nitrogens is 2. The van der Waals surface area contributed by atoms with Gasteiger partial charge in [-0.3, -0.25) is 0 Å². The van der Waals surface area contributed by atoms with Gasteiger partial charge >= 0.3 is 6.18 Å². The van der Waals surface area contributed by atoms with Gasteiger partial charge in [0.2, 0.25) is 0 Å². The van der Waals surface area contributed by atoms with Gasteiger partial charge in [0, 0.05) is 5.56 Å². The molecule has 0 saturated carbocycles. The van der Waals surface area contributed by atoms with E-state index in [9.17, 15) is 13.2 Å². The van der Waals surface area contributed by atoms with Crippen LogP contribution in [0.2, 0.25) is 0 Å². The summed E-state index contributed by atoms with van der Waals surface area (Å²) < 4.78 is 40.8. The Hall–Kier alpha value is -2.08. The number of hydrogen-bond acceptors (Lipinski definition) is 1. The molecule has 0 aliphatic rings. The molecule has 6 heteroatoms. The Morgan fingerprint density at radius 3 is 1.95 bits per heavy atom. The van der Waals surface area contributed by atoms with Gasteiger partial charge < -0.3 is 0 Å². The fourth-order valence-corrected chi connectivity index (χ4v) is 2.88. The molecule has 22 heavy (non-hydrogen) atoms. The van der Waals surface area contributed by atoms with Crippen molar-refractivity contribution in [1.82, 2.24) is 9.78 Å². The number of nitrogens with zero attached hydrogens (tertiary/aromatic N) is 2. The molecule has 3 rings (SSSR count). The molecule has 0 aliphatic heterocycles. The van der Waals surface area contributed by atoms with Crippen LogP contribution in [0.3, 0.4) is 0 Å². The normalized spacial score (nSPS) is 11.6. The molecule has 0 unspecified atom stereocenters. The number of rotatable bonds is 2. The lowest BCUT2D eigenvalue weighted by atomic mass is 10.1. The molecule has 0 aliphatic carbocycles. The van der Waals surface area contributed by atoms with Crippen LogP contribution < -0.4 is 0 Å². The van der Waals surface area contributed by atoms with Crippen molar-refractivity contribution in [2.45, 2.75) is 6.18 Å². The predicted octanol–water partition coefficient (Wildman–Crippen LogP) is 5.32.